The molecule has 1 fully saturated rings. The van der Waals surface area contributed by atoms with Gasteiger partial charge in [0.15, 0.2) is 0 Å². The van der Waals surface area contributed by atoms with Crippen molar-refractivity contribution in [2.24, 2.45) is 0 Å². The molecule has 308 valence electrons. The van der Waals surface area contributed by atoms with Crippen LogP contribution in [-0.2, 0) is 5.41 Å². The van der Waals surface area contributed by atoms with Crippen LogP contribution in [0.15, 0.2) is 121 Å². The molecule has 58 heavy (non-hydrogen) atoms. The lowest BCUT2D eigenvalue weighted by Gasteiger charge is -2.38. The highest BCUT2D eigenvalue weighted by molar-refractivity contribution is 5.71. The first-order valence-corrected chi connectivity index (χ1v) is 22.1. The molecule has 0 saturated heterocycles. The van der Waals surface area contributed by atoms with Gasteiger partial charge in [-0.15, -0.1) is 0 Å². The fourth-order valence-electron chi connectivity index (χ4n) is 7.72. The molecule has 0 bridgehead atoms. The van der Waals surface area contributed by atoms with E-state index in [0.29, 0.717) is 0 Å². The fraction of sp³-hybridized carbons (Fsp3) is 0.379. The Balaban J connectivity index is 0.000000219. The van der Waals surface area contributed by atoms with E-state index in [9.17, 15) is 0 Å². The Kier molecular flexibility index (Phi) is 19.5. The summed E-state index contributed by atoms with van der Waals surface area (Å²) < 4.78 is 0. The SMILES string of the molecule is CCC.CCC.Cc1ccc(-c2ccc(C)c(C)c2)cc1C.Cc1ccc(-c2ccc(C)cc2C)c(C)c1.Cc1ccc(C2(c3ccc(C)cc3)CCCCC2)cc1. The monoisotopic (exact) mass is 773 g/mol. The Morgan fingerprint density at radius 2 is 0.655 bits per heavy atom. The van der Waals surface area contributed by atoms with Gasteiger partial charge in [-0.3, -0.25) is 0 Å². The summed E-state index contributed by atoms with van der Waals surface area (Å²) in [5.74, 6) is 0. The molecule has 0 aromatic heterocycles. The highest BCUT2D eigenvalue weighted by atomic mass is 14.4. The van der Waals surface area contributed by atoms with E-state index in [1.165, 1.54) is 134 Å². The van der Waals surface area contributed by atoms with Crippen molar-refractivity contribution < 1.29 is 0 Å². The molecule has 0 radical (unpaired) electrons. The van der Waals surface area contributed by atoms with Gasteiger partial charge in [-0.25, -0.2) is 0 Å². The molecule has 0 nitrogen and oxygen atoms in total. The summed E-state index contributed by atoms with van der Waals surface area (Å²) >= 11 is 0. The molecule has 0 unspecified atom stereocenters. The maximum absolute atomic E-state index is 2.35. The number of benzene rings is 6. The lowest BCUT2D eigenvalue weighted by Crippen LogP contribution is -2.30. The first kappa shape index (κ1) is 47.7. The summed E-state index contributed by atoms with van der Waals surface area (Å²) in [5.41, 5.74) is 22.1. The predicted molar refractivity (Wildman–Crippen MR) is 260 cm³/mol. The molecule has 0 aliphatic heterocycles. The van der Waals surface area contributed by atoms with Gasteiger partial charge in [-0.2, -0.15) is 0 Å². The van der Waals surface area contributed by atoms with Gasteiger partial charge in [0, 0.05) is 5.41 Å². The third-order valence-corrected chi connectivity index (χ3v) is 11.3. The lowest BCUT2D eigenvalue weighted by atomic mass is 9.65. The van der Waals surface area contributed by atoms with Crippen molar-refractivity contribution in [2.75, 3.05) is 0 Å². The Labute approximate surface area is 356 Å². The Morgan fingerprint density at radius 3 is 0.966 bits per heavy atom. The molecule has 1 saturated carbocycles. The summed E-state index contributed by atoms with van der Waals surface area (Å²) in [4.78, 5) is 0. The van der Waals surface area contributed by atoms with Crippen LogP contribution in [0, 0.1) is 69.2 Å². The predicted octanol–water partition coefficient (Wildman–Crippen LogP) is 17.6. The highest BCUT2D eigenvalue weighted by Gasteiger charge is 2.35. The molecule has 7 rings (SSSR count). The summed E-state index contributed by atoms with van der Waals surface area (Å²) in [7, 11) is 0. The highest BCUT2D eigenvalue weighted by Crippen LogP contribution is 2.45. The number of hydrogen-bond acceptors (Lipinski definition) is 0. The van der Waals surface area contributed by atoms with E-state index >= 15 is 0 Å². The van der Waals surface area contributed by atoms with Gasteiger partial charge < -0.3 is 0 Å². The van der Waals surface area contributed by atoms with Gasteiger partial charge in [-0.05, 0) is 149 Å². The quantitative estimate of drug-likeness (QED) is 0.167. The van der Waals surface area contributed by atoms with Crippen molar-refractivity contribution in [1.29, 1.82) is 0 Å². The zero-order valence-electron chi connectivity index (χ0n) is 39.0. The first-order chi connectivity index (χ1) is 27.7. The van der Waals surface area contributed by atoms with E-state index in [4.69, 9.17) is 0 Å². The smallest absolute Gasteiger partial charge is 0.0202 e. The van der Waals surface area contributed by atoms with E-state index in [1.807, 2.05) is 0 Å². The molecule has 1 aliphatic carbocycles. The third kappa shape index (κ3) is 13.7. The minimum atomic E-state index is 0.250. The van der Waals surface area contributed by atoms with Crippen LogP contribution < -0.4 is 0 Å². The Morgan fingerprint density at radius 1 is 0.328 bits per heavy atom. The normalized spacial score (nSPS) is 12.6. The molecule has 0 N–H and O–H groups in total. The van der Waals surface area contributed by atoms with Crippen LogP contribution in [0.1, 0.15) is 139 Å². The van der Waals surface area contributed by atoms with Crippen molar-refractivity contribution >= 4 is 0 Å². The van der Waals surface area contributed by atoms with Crippen LogP contribution in [0.3, 0.4) is 0 Å². The molecule has 1 aliphatic rings. The van der Waals surface area contributed by atoms with Crippen LogP contribution in [0.4, 0.5) is 0 Å². The average Bonchev–Trinajstić information content (AvgIpc) is 3.19. The van der Waals surface area contributed by atoms with Crippen LogP contribution in [0.5, 0.6) is 0 Å². The van der Waals surface area contributed by atoms with Gasteiger partial charge in [0.05, 0.1) is 0 Å². The minimum absolute atomic E-state index is 0.250. The average molecular weight is 773 g/mol. The van der Waals surface area contributed by atoms with E-state index in [-0.39, 0.29) is 5.41 Å². The second-order valence-electron chi connectivity index (χ2n) is 17.0. The van der Waals surface area contributed by atoms with Crippen molar-refractivity contribution in [3.8, 4) is 22.3 Å². The second kappa shape index (κ2) is 23.7. The standard InChI is InChI=1S/C20H24.2C16H18.2C3H8/c1-16-6-10-18(11-7-16)20(14-4-3-5-15-20)19-12-8-17(2)9-13-19;1-11-5-7-15(9-13(11)3)16-8-6-12(2)14(4)10-16;1-11-5-7-15(13(3)9-11)16-8-6-12(2)10-14(16)4;2*1-3-2/h6-13H,3-5,14-15H2,1-2H3;2*5-10H,1-4H3;2*3H2,1-2H3. The maximum Gasteiger partial charge on any atom is 0.0202 e. The zero-order valence-corrected chi connectivity index (χ0v) is 39.0. The first-order valence-electron chi connectivity index (χ1n) is 22.1. The molecule has 0 spiro atoms. The molecular formula is C58H76. The molecule has 6 aromatic carbocycles. The summed E-state index contributed by atoms with van der Waals surface area (Å²) in [6.45, 7) is 30.1. The van der Waals surface area contributed by atoms with Gasteiger partial charge in [0.2, 0.25) is 0 Å². The minimum Gasteiger partial charge on any atom is -0.0656 e. The summed E-state index contributed by atoms with van der Waals surface area (Å²) in [6.07, 6.45) is 9.17. The third-order valence-electron chi connectivity index (χ3n) is 11.3. The van der Waals surface area contributed by atoms with E-state index in [2.05, 4.69) is 218 Å². The second-order valence-corrected chi connectivity index (χ2v) is 17.0. The number of hydrogen-bond donors (Lipinski definition) is 0. The van der Waals surface area contributed by atoms with Crippen LogP contribution >= 0.6 is 0 Å². The zero-order chi connectivity index (χ0) is 42.8. The Hall–Kier alpha value is -4.68. The fourth-order valence-corrected chi connectivity index (χ4v) is 7.72. The van der Waals surface area contributed by atoms with Crippen LogP contribution in [-0.4, -0.2) is 0 Å². The number of rotatable bonds is 4. The largest absolute Gasteiger partial charge is 0.0656 e. The summed E-state index contributed by atoms with van der Waals surface area (Å²) in [6, 6.07) is 45.1. The van der Waals surface area contributed by atoms with Crippen molar-refractivity contribution in [1.82, 2.24) is 0 Å². The van der Waals surface area contributed by atoms with Crippen LogP contribution in [0.2, 0.25) is 0 Å². The van der Waals surface area contributed by atoms with Gasteiger partial charge in [0.25, 0.3) is 0 Å². The summed E-state index contributed by atoms with van der Waals surface area (Å²) in [5, 5.41) is 0. The van der Waals surface area contributed by atoms with Gasteiger partial charge >= 0.3 is 0 Å². The molecule has 6 aromatic rings. The van der Waals surface area contributed by atoms with E-state index < -0.39 is 0 Å². The van der Waals surface area contributed by atoms with E-state index in [0.717, 1.165) is 0 Å². The van der Waals surface area contributed by atoms with Crippen LogP contribution in [0.25, 0.3) is 22.3 Å². The van der Waals surface area contributed by atoms with Crippen molar-refractivity contribution in [3.63, 3.8) is 0 Å². The topological polar surface area (TPSA) is 0 Å². The molecule has 0 atom stereocenters. The van der Waals surface area contributed by atoms with Crippen molar-refractivity contribution in [2.45, 2.75) is 147 Å². The molecule has 0 heterocycles. The van der Waals surface area contributed by atoms with Crippen molar-refractivity contribution in [3.05, 3.63) is 188 Å². The van der Waals surface area contributed by atoms with Gasteiger partial charge in [-0.1, -0.05) is 203 Å². The Bertz CT molecular complexity index is 1970. The molecule has 0 heteroatoms. The maximum atomic E-state index is 2.35. The lowest BCUT2D eigenvalue weighted by molar-refractivity contribution is 0.346. The molecular weight excluding hydrogens is 697 g/mol. The van der Waals surface area contributed by atoms with Gasteiger partial charge in [0.1, 0.15) is 0 Å². The van der Waals surface area contributed by atoms with E-state index in [1.54, 1.807) is 0 Å². The molecule has 0 amide bonds. The number of aryl methyl sites for hydroxylation is 10.